The van der Waals surface area contributed by atoms with E-state index in [1.54, 1.807) is 23.0 Å². The number of aromatic nitrogens is 4. The predicted octanol–water partition coefficient (Wildman–Crippen LogP) is 2.39. The first kappa shape index (κ1) is 8.55. The number of aryl methyl sites for hydroxylation is 1. The fraction of sp³-hybridized carbons (Fsp3) is 0.100. The number of H-pyrrole nitrogens is 1. The van der Waals surface area contributed by atoms with Crippen LogP contribution in [0.5, 0.6) is 0 Å². The summed E-state index contributed by atoms with van der Waals surface area (Å²) in [6.07, 6.45) is 1.77. The molecule has 0 radical (unpaired) electrons. The normalized spacial score (nSPS) is 11.0. The molecule has 4 nitrogen and oxygen atoms in total. The second-order valence-corrected chi connectivity index (χ2v) is 4.00. The highest BCUT2D eigenvalue weighted by atomic mass is 32.1. The van der Waals surface area contributed by atoms with Crippen molar-refractivity contribution in [1.29, 1.82) is 0 Å². The van der Waals surface area contributed by atoms with Gasteiger partial charge in [0.15, 0.2) is 11.5 Å². The van der Waals surface area contributed by atoms with E-state index in [1.807, 2.05) is 18.4 Å². The summed E-state index contributed by atoms with van der Waals surface area (Å²) in [5.41, 5.74) is 5.55. The van der Waals surface area contributed by atoms with E-state index < -0.39 is 0 Å². The van der Waals surface area contributed by atoms with Crippen LogP contribution >= 0.6 is 11.3 Å². The van der Waals surface area contributed by atoms with Crippen molar-refractivity contribution in [2.24, 2.45) is 0 Å². The van der Waals surface area contributed by atoms with E-state index in [1.165, 1.54) is 0 Å². The van der Waals surface area contributed by atoms with Gasteiger partial charge in [0.25, 0.3) is 0 Å². The van der Waals surface area contributed by atoms with Crippen LogP contribution in [-0.2, 0) is 0 Å². The molecule has 3 heterocycles. The molecular weight excluding hydrogens is 208 g/mol. The number of nitrogens with zero attached hydrogens (tertiary/aromatic N) is 3. The van der Waals surface area contributed by atoms with Crippen molar-refractivity contribution in [3.05, 3.63) is 28.7 Å². The molecule has 0 aromatic carbocycles. The molecule has 15 heavy (non-hydrogen) atoms. The first-order chi connectivity index (χ1) is 7.34. The van der Waals surface area contributed by atoms with Crippen LogP contribution in [0.1, 0.15) is 5.56 Å². The van der Waals surface area contributed by atoms with Crippen molar-refractivity contribution in [2.45, 2.75) is 6.92 Å². The molecule has 0 amide bonds. The fourth-order valence-corrected chi connectivity index (χ4v) is 2.02. The Kier molecular flexibility index (Phi) is 1.78. The predicted molar refractivity (Wildman–Crippen MR) is 59.7 cm³/mol. The summed E-state index contributed by atoms with van der Waals surface area (Å²) in [6, 6.07) is 1.96. The van der Waals surface area contributed by atoms with Gasteiger partial charge in [0.05, 0.1) is 11.0 Å². The number of pyridine rings is 1. The molecule has 3 aromatic heterocycles. The number of hydrogen-bond acceptors (Lipinski definition) is 4. The summed E-state index contributed by atoms with van der Waals surface area (Å²) in [4.78, 5) is 16.0. The molecule has 0 aliphatic carbocycles. The van der Waals surface area contributed by atoms with Gasteiger partial charge < -0.3 is 4.98 Å². The Balaban J connectivity index is 2.27. The number of aromatic amines is 1. The summed E-state index contributed by atoms with van der Waals surface area (Å²) in [5, 5.41) is 1.97. The van der Waals surface area contributed by atoms with Gasteiger partial charge in [0.2, 0.25) is 0 Å². The van der Waals surface area contributed by atoms with Crippen LogP contribution in [0.15, 0.2) is 23.2 Å². The Morgan fingerprint density at radius 1 is 1.33 bits per heavy atom. The smallest absolute Gasteiger partial charge is 0.178 e. The molecular formula is C10H8N4S. The molecule has 1 N–H and O–H groups in total. The first-order valence-electron chi connectivity index (χ1n) is 4.54. The highest BCUT2D eigenvalue weighted by Crippen LogP contribution is 2.20. The lowest BCUT2D eigenvalue weighted by molar-refractivity contribution is 1.26. The molecule has 0 aliphatic rings. The monoisotopic (exact) mass is 216 g/mol. The number of rotatable bonds is 1. The first-order valence-corrected chi connectivity index (χ1v) is 5.49. The maximum Gasteiger partial charge on any atom is 0.178 e. The van der Waals surface area contributed by atoms with Gasteiger partial charge >= 0.3 is 0 Å². The van der Waals surface area contributed by atoms with Crippen LogP contribution in [0.2, 0.25) is 0 Å². The van der Waals surface area contributed by atoms with Crippen molar-refractivity contribution < 1.29 is 0 Å². The third kappa shape index (κ3) is 1.32. The van der Waals surface area contributed by atoms with Gasteiger partial charge in [-0.2, -0.15) is 0 Å². The molecule has 0 unspecified atom stereocenters. The maximum atomic E-state index is 4.39. The lowest BCUT2D eigenvalue weighted by Crippen LogP contribution is -1.78. The molecule has 74 valence electrons. The molecule has 3 aromatic rings. The third-order valence-corrected chi connectivity index (χ3v) is 2.86. The minimum atomic E-state index is 0.748. The summed E-state index contributed by atoms with van der Waals surface area (Å²) >= 11 is 1.56. The van der Waals surface area contributed by atoms with Gasteiger partial charge in [-0.05, 0) is 18.6 Å². The average molecular weight is 216 g/mol. The largest absolute Gasteiger partial charge is 0.335 e. The van der Waals surface area contributed by atoms with Gasteiger partial charge in [-0.15, -0.1) is 11.3 Å². The van der Waals surface area contributed by atoms with Crippen molar-refractivity contribution in [3.8, 4) is 11.5 Å². The van der Waals surface area contributed by atoms with E-state index in [0.717, 1.165) is 28.2 Å². The number of fused-ring (bicyclic) bond motifs is 1. The van der Waals surface area contributed by atoms with E-state index in [9.17, 15) is 0 Å². The Labute approximate surface area is 90.0 Å². The third-order valence-electron chi connectivity index (χ3n) is 2.28. The van der Waals surface area contributed by atoms with Gasteiger partial charge in [-0.1, -0.05) is 0 Å². The van der Waals surface area contributed by atoms with Gasteiger partial charge in [-0.25, -0.2) is 15.0 Å². The summed E-state index contributed by atoms with van der Waals surface area (Å²) < 4.78 is 0. The summed E-state index contributed by atoms with van der Waals surface area (Å²) in [6.45, 7) is 2.03. The van der Waals surface area contributed by atoms with Gasteiger partial charge in [0.1, 0.15) is 5.69 Å². The van der Waals surface area contributed by atoms with Crippen LogP contribution in [-0.4, -0.2) is 19.9 Å². The molecule has 0 aliphatic heterocycles. The Hall–Kier alpha value is -1.75. The zero-order valence-electron chi connectivity index (χ0n) is 8.06. The lowest BCUT2D eigenvalue weighted by Gasteiger charge is -1.90. The minimum absolute atomic E-state index is 0.748. The van der Waals surface area contributed by atoms with Crippen LogP contribution in [0, 0.1) is 6.92 Å². The number of nitrogens with one attached hydrogen (secondary N) is 1. The highest BCUT2D eigenvalue weighted by Gasteiger charge is 2.08. The van der Waals surface area contributed by atoms with E-state index in [4.69, 9.17) is 0 Å². The topological polar surface area (TPSA) is 54.5 Å². The highest BCUT2D eigenvalue weighted by molar-refractivity contribution is 7.07. The fourth-order valence-electron chi connectivity index (χ4n) is 1.49. The van der Waals surface area contributed by atoms with Crippen molar-refractivity contribution in [2.75, 3.05) is 0 Å². The van der Waals surface area contributed by atoms with Gasteiger partial charge in [0, 0.05) is 11.6 Å². The molecule has 0 fully saturated rings. The second kappa shape index (κ2) is 3.13. The Bertz CT molecular complexity index is 597. The second-order valence-electron chi connectivity index (χ2n) is 3.29. The molecule has 5 heteroatoms. The zero-order chi connectivity index (χ0) is 10.3. The van der Waals surface area contributed by atoms with Crippen LogP contribution in [0.25, 0.3) is 22.7 Å². The zero-order valence-corrected chi connectivity index (χ0v) is 8.88. The van der Waals surface area contributed by atoms with Crippen molar-refractivity contribution in [3.63, 3.8) is 0 Å². The average Bonchev–Trinajstić information content (AvgIpc) is 2.86. The number of thiazole rings is 1. The number of imidazole rings is 1. The SMILES string of the molecule is Cc1ccnc2nc(-c3cscn3)[nH]c12. The summed E-state index contributed by atoms with van der Waals surface area (Å²) in [5.74, 6) is 0.785. The Morgan fingerprint density at radius 3 is 3.00 bits per heavy atom. The van der Waals surface area contributed by atoms with E-state index in [0.29, 0.717) is 0 Å². The maximum absolute atomic E-state index is 4.39. The van der Waals surface area contributed by atoms with Crippen molar-refractivity contribution in [1.82, 2.24) is 19.9 Å². The quantitative estimate of drug-likeness (QED) is 0.679. The van der Waals surface area contributed by atoms with E-state index >= 15 is 0 Å². The lowest BCUT2D eigenvalue weighted by atomic mass is 10.3. The minimum Gasteiger partial charge on any atom is -0.335 e. The standard InChI is InChI=1S/C10H8N4S/c1-6-2-3-11-10-8(6)13-9(14-10)7-4-15-5-12-7/h2-5H,1H3,(H,11,13,14). The van der Waals surface area contributed by atoms with Crippen molar-refractivity contribution >= 4 is 22.5 Å². The molecule has 0 atom stereocenters. The molecule has 0 bridgehead atoms. The summed E-state index contributed by atoms with van der Waals surface area (Å²) in [7, 11) is 0. The van der Waals surface area contributed by atoms with Crippen LogP contribution < -0.4 is 0 Å². The molecule has 0 saturated carbocycles. The van der Waals surface area contributed by atoms with Gasteiger partial charge in [-0.3, -0.25) is 0 Å². The molecule has 3 rings (SSSR count). The van der Waals surface area contributed by atoms with E-state index in [-0.39, 0.29) is 0 Å². The van der Waals surface area contributed by atoms with Crippen LogP contribution in [0.3, 0.4) is 0 Å². The molecule has 0 spiro atoms. The van der Waals surface area contributed by atoms with Crippen LogP contribution in [0.4, 0.5) is 0 Å². The molecule has 0 saturated heterocycles. The van der Waals surface area contributed by atoms with E-state index in [2.05, 4.69) is 19.9 Å². The Morgan fingerprint density at radius 2 is 2.27 bits per heavy atom. The number of hydrogen-bond donors (Lipinski definition) is 1.